The fraction of sp³-hybridized carbons (Fsp3) is 0.647. The molecule has 1 aromatic rings. The maximum atomic E-state index is 9.26. The van der Waals surface area contributed by atoms with Crippen molar-refractivity contribution < 1.29 is 5.11 Å². The molecule has 0 unspecified atom stereocenters. The van der Waals surface area contributed by atoms with Crippen LogP contribution in [0.5, 0.6) is 0 Å². The predicted octanol–water partition coefficient (Wildman–Crippen LogP) is 1.97. The van der Waals surface area contributed by atoms with E-state index in [1.54, 1.807) is 0 Å². The molecule has 2 bridgehead atoms. The topological polar surface area (TPSA) is 26.7 Å². The standard InChI is InChI=1S/C17H26N2O/c20-11-10-18(13-15-4-2-1-3-5-15)8-9-19-14-16-6-7-17(19)12-16/h1-5,16-17,20H,6-14H2/t16-,17+/m1/s1. The second kappa shape index (κ2) is 6.70. The first kappa shape index (κ1) is 14.1. The fourth-order valence-electron chi connectivity index (χ4n) is 3.82. The Hall–Kier alpha value is -0.900. The minimum absolute atomic E-state index is 0.249. The first-order chi connectivity index (χ1) is 9.85. The van der Waals surface area contributed by atoms with Crippen LogP contribution in [0.4, 0.5) is 0 Å². The number of hydrogen-bond donors (Lipinski definition) is 1. The van der Waals surface area contributed by atoms with Crippen molar-refractivity contribution in [3.63, 3.8) is 0 Å². The molecule has 3 rings (SSSR count). The number of rotatable bonds is 7. The van der Waals surface area contributed by atoms with Crippen LogP contribution in [0.2, 0.25) is 0 Å². The van der Waals surface area contributed by atoms with Crippen molar-refractivity contribution in [3.8, 4) is 0 Å². The van der Waals surface area contributed by atoms with Crippen LogP contribution in [-0.2, 0) is 6.54 Å². The van der Waals surface area contributed by atoms with Gasteiger partial charge in [0.25, 0.3) is 0 Å². The maximum absolute atomic E-state index is 9.26. The maximum Gasteiger partial charge on any atom is 0.0558 e. The van der Waals surface area contributed by atoms with Crippen LogP contribution < -0.4 is 0 Å². The number of aliphatic hydroxyl groups excluding tert-OH is 1. The molecule has 3 nitrogen and oxygen atoms in total. The van der Waals surface area contributed by atoms with E-state index < -0.39 is 0 Å². The summed E-state index contributed by atoms with van der Waals surface area (Å²) in [5, 5.41) is 9.26. The van der Waals surface area contributed by atoms with Crippen LogP contribution in [0, 0.1) is 5.92 Å². The van der Waals surface area contributed by atoms with E-state index in [0.29, 0.717) is 0 Å². The van der Waals surface area contributed by atoms with E-state index in [1.165, 1.54) is 31.4 Å². The lowest BCUT2D eigenvalue weighted by Gasteiger charge is -2.30. The summed E-state index contributed by atoms with van der Waals surface area (Å²) < 4.78 is 0. The highest BCUT2D eigenvalue weighted by Gasteiger charge is 2.37. The second-order valence-corrected chi connectivity index (χ2v) is 6.31. The van der Waals surface area contributed by atoms with Crippen molar-refractivity contribution >= 4 is 0 Å². The lowest BCUT2D eigenvalue weighted by atomic mass is 10.1. The molecule has 1 heterocycles. The van der Waals surface area contributed by atoms with Crippen molar-refractivity contribution in [1.29, 1.82) is 0 Å². The van der Waals surface area contributed by atoms with E-state index in [9.17, 15) is 5.11 Å². The summed E-state index contributed by atoms with van der Waals surface area (Å²) in [4.78, 5) is 5.05. The number of aliphatic hydroxyl groups is 1. The van der Waals surface area contributed by atoms with Gasteiger partial charge in [-0.3, -0.25) is 9.80 Å². The highest BCUT2D eigenvalue weighted by Crippen LogP contribution is 2.36. The van der Waals surface area contributed by atoms with E-state index >= 15 is 0 Å². The number of benzene rings is 1. The molecule has 2 aliphatic rings. The molecular formula is C17H26N2O. The van der Waals surface area contributed by atoms with Gasteiger partial charge in [0.15, 0.2) is 0 Å². The smallest absolute Gasteiger partial charge is 0.0558 e. The summed E-state index contributed by atoms with van der Waals surface area (Å²) in [5.74, 6) is 0.973. The van der Waals surface area contributed by atoms with Crippen LogP contribution in [0.1, 0.15) is 24.8 Å². The van der Waals surface area contributed by atoms with Crippen LogP contribution in [-0.4, -0.2) is 53.7 Å². The summed E-state index contributed by atoms with van der Waals surface area (Å²) in [6.45, 7) is 5.51. The van der Waals surface area contributed by atoms with Crippen molar-refractivity contribution in [1.82, 2.24) is 9.80 Å². The van der Waals surface area contributed by atoms with Gasteiger partial charge in [0.1, 0.15) is 0 Å². The summed E-state index contributed by atoms with van der Waals surface area (Å²) in [7, 11) is 0. The average Bonchev–Trinajstić information content (AvgIpc) is 3.09. The third-order valence-corrected chi connectivity index (χ3v) is 4.89. The molecule has 0 radical (unpaired) electrons. The molecular weight excluding hydrogens is 248 g/mol. The van der Waals surface area contributed by atoms with E-state index in [-0.39, 0.29) is 6.61 Å². The normalized spacial score (nSPS) is 25.7. The monoisotopic (exact) mass is 274 g/mol. The van der Waals surface area contributed by atoms with Gasteiger partial charge in [-0.1, -0.05) is 30.3 Å². The number of hydrogen-bond acceptors (Lipinski definition) is 3. The van der Waals surface area contributed by atoms with Crippen LogP contribution >= 0.6 is 0 Å². The molecule has 1 aliphatic carbocycles. The summed E-state index contributed by atoms with van der Waals surface area (Å²) in [5.41, 5.74) is 1.34. The van der Waals surface area contributed by atoms with Gasteiger partial charge in [-0.05, 0) is 30.7 Å². The Bertz CT molecular complexity index is 409. The SMILES string of the molecule is OCCN(CCN1C[C@@H]2CC[C@H]1C2)Cc1ccccc1. The summed E-state index contributed by atoms with van der Waals surface area (Å²) in [6, 6.07) is 11.4. The van der Waals surface area contributed by atoms with Crippen LogP contribution in [0.3, 0.4) is 0 Å². The number of nitrogens with zero attached hydrogens (tertiary/aromatic N) is 2. The minimum Gasteiger partial charge on any atom is -0.395 e. The average molecular weight is 274 g/mol. The molecule has 0 aromatic heterocycles. The molecule has 1 saturated heterocycles. The van der Waals surface area contributed by atoms with Gasteiger partial charge in [0.2, 0.25) is 0 Å². The van der Waals surface area contributed by atoms with Gasteiger partial charge < -0.3 is 5.11 Å². The molecule has 1 saturated carbocycles. The third-order valence-electron chi connectivity index (χ3n) is 4.89. The summed E-state index contributed by atoms with van der Waals surface area (Å²) in [6.07, 6.45) is 4.29. The molecule has 0 spiro atoms. The molecule has 1 N–H and O–H groups in total. The van der Waals surface area contributed by atoms with Crippen molar-refractivity contribution in [3.05, 3.63) is 35.9 Å². The Morgan fingerprint density at radius 2 is 2.00 bits per heavy atom. The third kappa shape index (κ3) is 3.40. The molecule has 2 fully saturated rings. The van der Waals surface area contributed by atoms with Crippen molar-refractivity contribution in [2.24, 2.45) is 5.92 Å². The Morgan fingerprint density at radius 3 is 2.65 bits per heavy atom. The van der Waals surface area contributed by atoms with Gasteiger partial charge >= 0.3 is 0 Å². The second-order valence-electron chi connectivity index (χ2n) is 6.31. The molecule has 110 valence electrons. The van der Waals surface area contributed by atoms with E-state index in [1.807, 2.05) is 0 Å². The number of piperidine rings is 1. The Balaban J connectivity index is 1.49. The molecule has 2 atom stereocenters. The quantitative estimate of drug-likeness (QED) is 0.823. The Morgan fingerprint density at radius 1 is 1.15 bits per heavy atom. The van der Waals surface area contributed by atoms with Crippen LogP contribution in [0.25, 0.3) is 0 Å². The number of fused-ring (bicyclic) bond motifs is 2. The van der Waals surface area contributed by atoms with E-state index in [4.69, 9.17) is 0 Å². The Labute approximate surface area is 122 Å². The van der Waals surface area contributed by atoms with Gasteiger partial charge in [-0.25, -0.2) is 0 Å². The number of likely N-dealkylation sites (tertiary alicyclic amines) is 1. The highest BCUT2D eigenvalue weighted by atomic mass is 16.3. The molecule has 1 aliphatic heterocycles. The van der Waals surface area contributed by atoms with Crippen molar-refractivity contribution in [2.45, 2.75) is 31.8 Å². The van der Waals surface area contributed by atoms with Crippen molar-refractivity contribution in [2.75, 3.05) is 32.8 Å². The van der Waals surface area contributed by atoms with Gasteiger partial charge in [0, 0.05) is 38.8 Å². The molecule has 0 amide bonds. The first-order valence-electron chi connectivity index (χ1n) is 7.96. The predicted molar refractivity (Wildman–Crippen MR) is 81.5 cm³/mol. The fourth-order valence-corrected chi connectivity index (χ4v) is 3.82. The van der Waals surface area contributed by atoms with Gasteiger partial charge in [-0.2, -0.15) is 0 Å². The zero-order valence-electron chi connectivity index (χ0n) is 12.2. The summed E-state index contributed by atoms with van der Waals surface area (Å²) >= 11 is 0. The molecule has 1 aromatic carbocycles. The van der Waals surface area contributed by atoms with Gasteiger partial charge in [0.05, 0.1) is 6.61 Å². The van der Waals surface area contributed by atoms with E-state index in [2.05, 4.69) is 40.1 Å². The zero-order valence-corrected chi connectivity index (χ0v) is 12.2. The lowest BCUT2D eigenvalue weighted by Crippen LogP contribution is -2.39. The first-order valence-corrected chi connectivity index (χ1v) is 7.96. The zero-order chi connectivity index (χ0) is 13.8. The largest absolute Gasteiger partial charge is 0.395 e. The molecule has 20 heavy (non-hydrogen) atoms. The van der Waals surface area contributed by atoms with E-state index in [0.717, 1.165) is 38.1 Å². The lowest BCUT2D eigenvalue weighted by molar-refractivity contribution is 0.146. The highest BCUT2D eigenvalue weighted by molar-refractivity contribution is 5.14. The Kier molecular flexibility index (Phi) is 4.71. The van der Waals surface area contributed by atoms with Gasteiger partial charge in [-0.15, -0.1) is 0 Å². The molecule has 3 heteroatoms. The van der Waals surface area contributed by atoms with Crippen LogP contribution in [0.15, 0.2) is 30.3 Å². The minimum atomic E-state index is 0.249.